The van der Waals surface area contributed by atoms with Gasteiger partial charge in [-0.25, -0.2) is 4.79 Å². The van der Waals surface area contributed by atoms with Gasteiger partial charge in [0.2, 0.25) is 5.91 Å². The molecule has 0 saturated heterocycles. The van der Waals surface area contributed by atoms with Crippen molar-refractivity contribution in [2.24, 2.45) is 5.92 Å². The van der Waals surface area contributed by atoms with Crippen molar-refractivity contribution in [2.45, 2.75) is 26.8 Å². The number of urea groups is 1. The zero-order chi connectivity index (χ0) is 16.7. The number of ether oxygens (including phenoxy) is 1. The molecule has 0 unspecified atom stereocenters. The van der Waals surface area contributed by atoms with Crippen LogP contribution in [0.15, 0.2) is 18.2 Å². The monoisotopic (exact) mass is 309 g/mol. The van der Waals surface area contributed by atoms with Crippen LogP contribution < -0.4 is 20.7 Å². The van der Waals surface area contributed by atoms with E-state index in [1.54, 1.807) is 18.2 Å². The van der Waals surface area contributed by atoms with Crippen LogP contribution >= 0.6 is 0 Å². The molecule has 2 atom stereocenters. The Hall–Kier alpha value is -2.28. The number of anilines is 2. The maximum absolute atomic E-state index is 12.0. The van der Waals surface area contributed by atoms with Crippen molar-refractivity contribution in [3.63, 3.8) is 0 Å². The highest BCUT2D eigenvalue weighted by molar-refractivity contribution is 5.94. The summed E-state index contributed by atoms with van der Waals surface area (Å²) >= 11 is 0. The molecule has 4 N–H and O–H groups in total. The third kappa shape index (κ3) is 5.25. The summed E-state index contributed by atoms with van der Waals surface area (Å²) in [7, 11) is 1.49. The standard InChI is InChI=1S/C15H23N3O4/c1-9(8-19)10(2)16-15(21)18-13-7-12(17-11(3)20)5-6-14(13)22-4/h5-7,9-10,19H,8H2,1-4H3,(H,17,20)(H2,16,18,21)/t9-,10+/m0/s1. The van der Waals surface area contributed by atoms with Crippen LogP contribution in [0.2, 0.25) is 0 Å². The molecule has 0 aliphatic rings. The van der Waals surface area contributed by atoms with Gasteiger partial charge in [-0.15, -0.1) is 0 Å². The summed E-state index contributed by atoms with van der Waals surface area (Å²) in [5.41, 5.74) is 0.996. The van der Waals surface area contributed by atoms with Gasteiger partial charge in [0.05, 0.1) is 12.8 Å². The van der Waals surface area contributed by atoms with Crippen LogP contribution in [0, 0.1) is 5.92 Å². The summed E-state index contributed by atoms with van der Waals surface area (Å²) in [5, 5.41) is 17.1. The summed E-state index contributed by atoms with van der Waals surface area (Å²) in [5.74, 6) is 0.219. The lowest BCUT2D eigenvalue weighted by Gasteiger charge is -2.20. The van der Waals surface area contributed by atoms with Gasteiger partial charge < -0.3 is 25.8 Å². The van der Waals surface area contributed by atoms with Gasteiger partial charge >= 0.3 is 6.03 Å². The molecule has 3 amide bonds. The number of hydrogen-bond acceptors (Lipinski definition) is 4. The maximum atomic E-state index is 12.0. The second-order valence-corrected chi connectivity index (χ2v) is 5.14. The van der Waals surface area contributed by atoms with Crippen molar-refractivity contribution >= 4 is 23.3 Å². The number of aliphatic hydroxyl groups is 1. The third-order valence-electron chi connectivity index (χ3n) is 3.27. The van der Waals surface area contributed by atoms with Crippen LogP contribution in [0.3, 0.4) is 0 Å². The summed E-state index contributed by atoms with van der Waals surface area (Å²) in [4.78, 5) is 23.1. The number of aliphatic hydroxyl groups excluding tert-OH is 1. The molecular formula is C15H23N3O4. The van der Waals surface area contributed by atoms with E-state index in [-0.39, 0.29) is 24.5 Å². The molecule has 1 aromatic carbocycles. The number of rotatable bonds is 6. The van der Waals surface area contributed by atoms with E-state index in [1.165, 1.54) is 14.0 Å². The molecule has 0 aliphatic heterocycles. The zero-order valence-electron chi connectivity index (χ0n) is 13.3. The van der Waals surface area contributed by atoms with Crippen LogP contribution in [0.5, 0.6) is 5.75 Å². The molecule has 1 rings (SSSR count). The van der Waals surface area contributed by atoms with Crippen LogP contribution in [0.4, 0.5) is 16.2 Å². The molecule has 7 heteroatoms. The van der Waals surface area contributed by atoms with E-state index in [0.717, 1.165) is 0 Å². The lowest BCUT2D eigenvalue weighted by Crippen LogP contribution is -2.40. The normalized spacial score (nSPS) is 13.0. The minimum Gasteiger partial charge on any atom is -0.495 e. The number of carbonyl (C=O) groups excluding carboxylic acids is 2. The topological polar surface area (TPSA) is 99.7 Å². The first-order chi connectivity index (χ1) is 10.4. The largest absolute Gasteiger partial charge is 0.495 e. The number of hydrogen-bond donors (Lipinski definition) is 4. The smallest absolute Gasteiger partial charge is 0.319 e. The Balaban J connectivity index is 2.81. The molecule has 0 heterocycles. The summed E-state index contributed by atoms with van der Waals surface area (Å²) in [6.45, 7) is 5.04. The molecule has 1 aromatic rings. The molecule has 22 heavy (non-hydrogen) atoms. The second kappa shape index (κ2) is 8.23. The first-order valence-electron chi connectivity index (χ1n) is 7.01. The Morgan fingerprint density at radius 2 is 1.95 bits per heavy atom. The lowest BCUT2D eigenvalue weighted by atomic mass is 10.1. The minimum atomic E-state index is -0.411. The number of methoxy groups -OCH3 is 1. The average Bonchev–Trinajstić information content (AvgIpc) is 2.45. The molecule has 0 aliphatic carbocycles. The van der Waals surface area contributed by atoms with E-state index in [2.05, 4.69) is 16.0 Å². The van der Waals surface area contributed by atoms with E-state index in [1.807, 2.05) is 13.8 Å². The Morgan fingerprint density at radius 3 is 2.50 bits per heavy atom. The van der Waals surface area contributed by atoms with Gasteiger partial charge in [0.1, 0.15) is 5.75 Å². The fourth-order valence-corrected chi connectivity index (χ4v) is 1.75. The third-order valence-corrected chi connectivity index (χ3v) is 3.27. The SMILES string of the molecule is COc1ccc(NC(C)=O)cc1NC(=O)N[C@H](C)[C@@H](C)CO. The predicted molar refractivity (Wildman–Crippen MR) is 85.2 cm³/mol. The van der Waals surface area contributed by atoms with Crippen molar-refractivity contribution in [1.29, 1.82) is 0 Å². The van der Waals surface area contributed by atoms with E-state index >= 15 is 0 Å². The molecule has 0 bridgehead atoms. The molecule has 122 valence electrons. The van der Waals surface area contributed by atoms with Crippen molar-refractivity contribution < 1.29 is 19.4 Å². The van der Waals surface area contributed by atoms with Crippen molar-refractivity contribution in [3.8, 4) is 5.75 Å². The first kappa shape index (κ1) is 17.8. The summed E-state index contributed by atoms with van der Waals surface area (Å²) in [6.07, 6.45) is 0. The lowest BCUT2D eigenvalue weighted by molar-refractivity contribution is -0.114. The van der Waals surface area contributed by atoms with Crippen molar-refractivity contribution in [1.82, 2.24) is 5.32 Å². The first-order valence-corrected chi connectivity index (χ1v) is 7.01. The van der Waals surface area contributed by atoms with Gasteiger partial charge in [-0.1, -0.05) is 6.92 Å². The van der Waals surface area contributed by atoms with Crippen molar-refractivity contribution in [3.05, 3.63) is 18.2 Å². The van der Waals surface area contributed by atoms with Gasteiger partial charge in [0, 0.05) is 25.3 Å². The molecule has 0 spiro atoms. The molecule has 0 radical (unpaired) electrons. The highest BCUT2D eigenvalue weighted by Gasteiger charge is 2.15. The highest BCUT2D eigenvalue weighted by atomic mass is 16.5. The quantitative estimate of drug-likeness (QED) is 0.643. The zero-order valence-corrected chi connectivity index (χ0v) is 13.3. The highest BCUT2D eigenvalue weighted by Crippen LogP contribution is 2.27. The number of amides is 3. The summed E-state index contributed by atoms with van der Waals surface area (Å²) < 4.78 is 5.18. The molecule has 0 saturated carbocycles. The minimum absolute atomic E-state index is 0.0111. The number of benzene rings is 1. The van der Waals surface area contributed by atoms with E-state index in [0.29, 0.717) is 17.1 Å². The van der Waals surface area contributed by atoms with E-state index in [9.17, 15) is 9.59 Å². The Labute approximate surface area is 130 Å². The van der Waals surface area contributed by atoms with Crippen molar-refractivity contribution in [2.75, 3.05) is 24.4 Å². The Morgan fingerprint density at radius 1 is 1.27 bits per heavy atom. The Kier molecular flexibility index (Phi) is 6.65. The van der Waals surface area contributed by atoms with Gasteiger partial charge in [-0.05, 0) is 31.0 Å². The fourth-order valence-electron chi connectivity index (χ4n) is 1.75. The number of nitrogens with one attached hydrogen (secondary N) is 3. The molecule has 7 nitrogen and oxygen atoms in total. The number of carbonyl (C=O) groups is 2. The van der Waals surface area contributed by atoms with Crippen LogP contribution in [0.25, 0.3) is 0 Å². The Bertz CT molecular complexity index is 534. The van der Waals surface area contributed by atoms with Gasteiger partial charge in [-0.2, -0.15) is 0 Å². The average molecular weight is 309 g/mol. The summed E-state index contributed by atoms with van der Waals surface area (Å²) in [6, 6.07) is 4.35. The van der Waals surface area contributed by atoms with Crippen LogP contribution in [0.1, 0.15) is 20.8 Å². The van der Waals surface area contributed by atoms with Gasteiger partial charge in [0.25, 0.3) is 0 Å². The molecule has 0 fully saturated rings. The fraction of sp³-hybridized carbons (Fsp3) is 0.467. The maximum Gasteiger partial charge on any atom is 0.319 e. The van der Waals surface area contributed by atoms with E-state index in [4.69, 9.17) is 9.84 Å². The molecule has 0 aromatic heterocycles. The van der Waals surface area contributed by atoms with E-state index < -0.39 is 6.03 Å². The predicted octanol–water partition coefficient (Wildman–Crippen LogP) is 1.79. The van der Waals surface area contributed by atoms with Crippen LogP contribution in [-0.2, 0) is 4.79 Å². The molecular weight excluding hydrogens is 286 g/mol. The van der Waals surface area contributed by atoms with Crippen LogP contribution in [-0.4, -0.2) is 36.8 Å². The van der Waals surface area contributed by atoms with Gasteiger partial charge in [0.15, 0.2) is 0 Å². The van der Waals surface area contributed by atoms with Gasteiger partial charge in [-0.3, -0.25) is 4.79 Å². The second-order valence-electron chi connectivity index (χ2n) is 5.14.